The van der Waals surface area contributed by atoms with Gasteiger partial charge in [-0.15, -0.1) is 11.8 Å². The molecule has 168 valence electrons. The fourth-order valence-corrected chi connectivity index (χ4v) is 5.06. The lowest BCUT2D eigenvalue weighted by molar-refractivity contribution is -0.899. The Hall–Kier alpha value is -3.16. The van der Waals surface area contributed by atoms with E-state index in [1.807, 2.05) is 71.8 Å². The molecule has 0 saturated carbocycles. The predicted octanol–water partition coefficient (Wildman–Crippen LogP) is 3.38. The molecule has 1 amide bonds. The maximum absolute atomic E-state index is 14.2. The molecule has 3 aromatic carbocycles. The molecule has 1 N–H and O–H groups in total. The van der Waals surface area contributed by atoms with Gasteiger partial charge in [0.2, 0.25) is 0 Å². The highest BCUT2D eigenvalue weighted by Crippen LogP contribution is 2.33. The molecule has 5 nitrogen and oxygen atoms in total. The molecule has 0 radical (unpaired) electrons. The van der Waals surface area contributed by atoms with E-state index in [1.165, 1.54) is 11.0 Å². The van der Waals surface area contributed by atoms with Gasteiger partial charge in [-0.05, 0) is 36.6 Å². The number of carbonyl (C=O) groups is 1. The molecule has 5 rings (SSSR count). The van der Waals surface area contributed by atoms with E-state index in [2.05, 4.69) is 4.90 Å². The number of hydrogen-bond donors (Lipinski definition) is 1. The van der Waals surface area contributed by atoms with E-state index >= 15 is 0 Å². The van der Waals surface area contributed by atoms with Crippen LogP contribution in [-0.4, -0.2) is 50.7 Å². The molecule has 33 heavy (non-hydrogen) atoms. The van der Waals surface area contributed by atoms with Crippen molar-refractivity contribution in [3.05, 3.63) is 84.2 Å². The van der Waals surface area contributed by atoms with Crippen LogP contribution in [0.5, 0.6) is 0 Å². The third-order valence-electron chi connectivity index (χ3n) is 6.26. The molecular weight excluding hydrogens is 435 g/mol. The van der Waals surface area contributed by atoms with E-state index in [1.54, 1.807) is 17.8 Å². The van der Waals surface area contributed by atoms with E-state index in [-0.39, 0.29) is 11.7 Å². The van der Waals surface area contributed by atoms with E-state index in [0.29, 0.717) is 18.1 Å². The molecule has 7 heteroatoms. The molecular formula is C26H26FN4OS+. The summed E-state index contributed by atoms with van der Waals surface area (Å²) < 4.78 is 14.2. The number of rotatable bonds is 5. The van der Waals surface area contributed by atoms with E-state index in [9.17, 15) is 9.18 Å². The van der Waals surface area contributed by atoms with Crippen LogP contribution in [-0.2, 0) is 4.79 Å². The maximum atomic E-state index is 14.2. The number of fused-ring (bicyclic) bond motifs is 1. The van der Waals surface area contributed by atoms with Gasteiger partial charge in [0.25, 0.3) is 5.91 Å². The van der Waals surface area contributed by atoms with Gasteiger partial charge >= 0.3 is 0 Å². The molecule has 2 heterocycles. The summed E-state index contributed by atoms with van der Waals surface area (Å²) in [5, 5.41) is 0. The summed E-state index contributed by atoms with van der Waals surface area (Å²) in [6.45, 7) is 3.75. The lowest BCUT2D eigenvalue weighted by Gasteiger charge is -2.35. The van der Waals surface area contributed by atoms with Crippen molar-refractivity contribution < 1.29 is 14.1 Å². The molecule has 0 bridgehead atoms. The van der Waals surface area contributed by atoms with E-state index < -0.39 is 0 Å². The minimum Gasteiger partial charge on any atom is -0.358 e. The SMILES string of the molecule is CSc1ccccc1N=C1C(=O)N(C[NH+]2CCN(c3ccccc3F)CC2)c2ccccc21. The fourth-order valence-electron chi connectivity index (χ4n) is 4.52. The van der Waals surface area contributed by atoms with Crippen LogP contribution in [0.4, 0.5) is 21.5 Å². The molecule has 0 unspecified atom stereocenters. The largest absolute Gasteiger partial charge is 0.358 e. The van der Waals surface area contributed by atoms with Gasteiger partial charge in [0.15, 0.2) is 6.67 Å². The van der Waals surface area contributed by atoms with Crippen LogP contribution in [0.1, 0.15) is 5.56 Å². The molecule has 1 saturated heterocycles. The molecule has 0 aliphatic carbocycles. The summed E-state index contributed by atoms with van der Waals surface area (Å²) in [5.74, 6) is -0.243. The summed E-state index contributed by atoms with van der Waals surface area (Å²) in [5.41, 5.74) is 3.75. The second-order valence-corrected chi connectivity index (χ2v) is 9.08. The van der Waals surface area contributed by atoms with Crippen LogP contribution in [0.2, 0.25) is 0 Å². The summed E-state index contributed by atoms with van der Waals surface area (Å²) in [7, 11) is 0. The number of anilines is 2. The van der Waals surface area contributed by atoms with Gasteiger partial charge in [0.1, 0.15) is 11.5 Å². The van der Waals surface area contributed by atoms with Crippen LogP contribution in [0.15, 0.2) is 82.7 Å². The molecule has 3 aromatic rings. The number of piperazine rings is 1. The van der Waals surface area contributed by atoms with E-state index in [0.717, 1.165) is 48.0 Å². The Morgan fingerprint density at radius 1 is 0.939 bits per heavy atom. The number of carbonyl (C=O) groups excluding carboxylic acids is 1. The number of quaternary nitrogens is 1. The second kappa shape index (κ2) is 9.37. The van der Waals surface area contributed by atoms with Crippen molar-refractivity contribution in [1.29, 1.82) is 0 Å². The highest BCUT2D eigenvalue weighted by molar-refractivity contribution is 7.98. The number of amides is 1. The highest BCUT2D eigenvalue weighted by Gasteiger charge is 2.37. The number of nitrogens with one attached hydrogen (secondary N) is 1. The van der Waals surface area contributed by atoms with Crippen molar-refractivity contribution in [2.24, 2.45) is 4.99 Å². The first-order valence-corrected chi connectivity index (χ1v) is 12.3. The van der Waals surface area contributed by atoms with E-state index in [4.69, 9.17) is 4.99 Å². The number of thioether (sulfide) groups is 1. The van der Waals surface area contributed by atoms with Gasteiger partial charge in [-0.3, -0.25) is 9.69 Å². The molecule has 2 aliphatic heterocycles. The zero-order chi connectivity index (χ0) is 22.8. The number of nitrogens with zero attached hydrogens (tertiary/aromatic N) is 3. The monoisotopic (exact) mass is 461 g/mol. The Morgan fingerprint density at radius 3 is 2.36 bits per heavy atom. The first-order chi connectivity index (χ1) is 16.2. The summed E-state index contributed by atoms with van der Waals surface area (Å²) in [6, 6.07) is 22.7. The Balaban J connectivity index is 1.35. The first-order valence-electron chi connectivity index (χ1n) is 11.1. The van der Waals surface area contributed by atoms with Crippen LogP contribution < -0.4 is 14.7 Å². The zero-order valence-corrected chi connectivity index (χ0v) is 19.3. The Morgan fingerprint density at radius 2 is 1.61 bits per heavy atom. The number of aliphatic imine (C=N–C) groups is 1. The van der Waals surface area contributed by atoms with Crippen molar-refractivity contribution in [2.75, 3.05) is 48.9 Å². The zero-order valence-electron chi connectivity index (χ0n) is 18.5. The standard InChI is InChI=1S/C26H25FN4OS/c1-33-24-13-7-4-10-21(24)28-25-19-8-2-5-11-22(19)31(26(25)32)18-29-14-16-30(17-15-29)23-12-6-3-9-20(23)27/h2-13H,14-18H2,1H3/p+1. The second-order valence-electron chi connectivity index (χ2n) is 8.23. The lowest BCUT2D eigenvalue weighted by atomic mass is 10.1. The Kier molecular flexibility index (Phi) is 6.15. The molecule has 0 atom stereocenters. The Bertz CT molecular complexity index is 1210. The van der Waals surface area contributed by atoms with Gasteiger partial charge in [-0.25, -0.2) is 9.38 Å². The fraction of sp³-hybridized carbons (Fsp3) is 0.231. The van der Waals surface area contributed by atoms with Crippen LogP contribution in [0, 0.1) is 5.82 Å². The van der Waals surface area contributed by atoms with Crippen molar-refractivity contribution in [1.82, 2.24) is 0 Å². The molecule has 0 spiro atoms. The minimum atomic E-state index is -0.184. The smallest absolute Gasteiger partial charge is 0.281 e. The molecule has 0 aromatic heterocycles. The highest BCUT2D eigenvalue weighted by atomic mass is 32.2. The van der Waals surface area contributed by atoms with Crippen LogP contribution in [0.25, 0.3) is 0 Å². The third kappa shape index (κ3) is 4.26. The van der Waals surface area contributed by atoms with Gasteiger partial charge < -0.3 is 9.80 Å². The summed E-state index contributed by atoms with van der Waals surface area (Å²) in [6.07, 6.45) is 2.01. The predicted molar refractivity (Wildman–Crippen MR) is 133 cm³/mol. The number of para-hydroxylation sites is 3. The Labute approximate surface area is 197 Å². The normalized spacial score (nSPS) is 17.6. The van der Waals surface area contributed by atoms with Gasteiger partial charge in [0, 0.05) is 10.5 Å². The quantitative estimate of drug-likeness (QED) is 0.593. The van der Waals surface area contributed by atoms with Crippen molar-refractivity contribution in [3.8, 4) is 0 Å². The average Bonchev–Trinajstić information content (AvgIpc) is 3.11. The van der Waals surface area contributed by atoms with Crippen LogP contribution in [0.3, 0.4) is 0 Å². The lowest BCUT2D eigenvalue weighted by Crippen LogP contribution is -3.16. The molecule has 1 fully saturated rings. The summed E-state index contributed by atoms with van der Waals surface area (Å²) >= 11 is 1.62. The minimum absolute atomic E-state index is 0.0591. The maximum Gasteiger partial charge on any atom is 0.281 e. The van der Waals surface area contributed by atoms with Gasteiger partial charge in [-0.2, -0.15) is 0 Å². The van der Waals surface area contributed by atoms with Gasteiger partial charge in [-0.1, -0.05) is 42.5 Å². The first kappa shape index (κ1) is 21.7. The van der Waals surface area contributed by atoms with Crippen molar-refractivity contribution >= 4 is 40.4 Å². The topological polar surface area (TPSA) is 40.4 Å². The molecule has 2 aliphatic rings. The number of halogens is 1. The average molecular weight is 462 g/mol. The van der Waals surface area contributed by atoms with Crippen molar-refractivity contribution in [2.45, 2.75) is 4.90 Å². The number of benzene rings is 3. The number of hydrogen-bond acceptors (Lipinski definition) is 4. The van der Waals surface area contributed by atoms with Gasteiger partial charge in [0.05, 0.1) is 43.2 Å². The van der Waals surface area contributed by atoms with Crippen LogP contribution >= 0.6 is 11.8 Å². The van der Waals surface area contributed by atoms with Crippen molar-refractivity contribution in [3.63, 3.8) is 0 Å². The summed E-state index contributed by atoms with van der Waals surface area (Å²) in [4.78, 5) is 24.6. The third-order valence-corrected chi connectivity index (χ3v) is 7.05.